The molecule has 0 bridgehead atoms. The molecule has 0 spiro atoms. The van der Waals surface area contributed by atoms with E-state index < -0.39 is 4.92 Å². The Kier molecular flexibility index (Phi) is 5.16. The van der Waals surface area contributed by atoms with Crippen LogP contribution in [0, 0.1) is 10.1 Å². The molecule has 9 heteroatoms. The highest BCUT2D eigenvalue weighted by Crippen LogP contribution is 2.39. The summed E-state index contributed by atoms with van der Waals surface area (Å²) in [6.45, 7) is 3.58. The summed E-state index contributed by atoms with van der Waals surface area (Å²) in [5.74, 6) is 2.41. The van der Waals surface area contributed by atoms with E-state index in [0.717, 1.165) is 42.3 Å². The maximum absolute atomic E-state index is 11.7. The molecule has 144 valence electrons. The second-order valence-electron chi connectivity index (χ2n) is 6.28. The molecule has 4 rings (SSSR count). The number of fused-ring (bicyclic) bond motifs is 3. The third-order valence-corrected chi connectivity index (χ3v) is 5.29. The lowest BCUT2D eigenvalue weighted by molar-refractivity contribution is -0.384. The Morgan fingerprint density at radius 2 is 2.25 bits per heavy atom. The highest BCUT2D eigenvalue weighted by molar-refractivity contribution is 8.00. The maximum atomic E-state index is 11.7. The van der Waals surface area contributed by atoms with Crippen molar-refractivity contribution in [3.05, 3.63) is 52.1 Å². The Morgan fingerprint density at radius 1 is 1.36 bits per heavy atom. The first kappa shape index (κ1) is 18.3. The Hall–Kier alpha value is -3.07. The highest BCUT2D eigenvalue weighted by atomic mass is 32.2. The van der Waals surface area contributed by atoms with E-state index in [1.54, 1.807) is 30.6 Å². The summed E-state index contributed by atoms with van der Waals surface area (Å²) in [6.07, 6.45) is 2.75. The predicted octanol–water partition coefficient (Wildman–Crippen LogP) is 4.59. The molecule has 28 heavy (non-hydrogen) atoms. The lowest BCUT2D eigenvalue weighted by Crippen LogP contribution is -2.29. The number of nitrogens with one attached hydrogen (secondary N) is 1. The summed E-state index contributed by atoms with van der Waals surface area (Å²) in [6, 6.07) is 10.5. The summed E-state index contributed by atoms with van der Waals surface area (Å²) in [5.41, 5.74) is 2.02. The Labute approximate surface area is 166 Å². The number of anilines is 1. The standard InChI is InChI=1S/C19H19N5O3S/c1-2-10-28-22-16-4-3-5-17(18(16)24(25)26)27-13-6-7-15-14(11-13)19-20-8-9-23(19)12-21-15/h3-7,11-12,22H,2,8-10H2,1H3. The molecule has 0 unspecified atom stereocenters. The van der Waals surface area contributed by atoms with Gasteiger partial charge < -0.3 is 14.4 Å². The van der Waals surface area contributed by atoms with E-state index in [4.69, 9.17) is 4.74 Å². The van der Waals surface area contributed by atoms with Crippen LogP contribution in [0.15, 0.2) is 46.4 Å². The third kappa shape index (κ3) is 3.53. The first-order chi connectivity index (χ1) is 13.7. The molecule has 0 saturated carbocycles. The smallest absolute Gasteiger partial charge is 0.335 e. The van der Waals surface area contributed by atoms with Crippen molar-refractivity contribution in [1.29, 1.82) is 0 Å². The minimum atomic E-state index is -0.421. The van der Waals surface area contributed by atoms with Gasteiger partial charge in [-0.3, -0.25) is 15.1 Å². The van der Waals surface area contributed by atoms with E-state index in [1.165, 1.54) is 11.9 Å². The normalized spacial score (nSPS) is 14.3. The van der Waals surface area contributed by atoms with E-state index >= 15 is 0 Å². The minimum Gasteiger partial charge on any atom is -0.450 e. The number of ether oxygens (including phenoxy) is 1. The first-order valence-electron chi connectivity index (χ1n) is 9.00. The number of hydrogen-bond acceptors (Lipinski definition) is 8. The topological polar surface area (TPSA) is 92.4 Å². The van der Waals surface area contributed by atoms with Crippen LogP contribution >= 0.6 is 11.9 Å². The molecular weight excluding hydrogens is 378 g/mol. The fraction of sp³-hybridized carbons (Fsp3) is 0.263. The van der Waals surface area contributed by atoms with Crippen molar-refractivity contribution in [3.63, 3.8) is 0 Å². The molecular formula is C19H19N5O3S. The van der Waals surface area contributed by atoms with Crippen molar-refractivity contribution in [2.24, 2.45) is 9.98 Å². The fourth-order valence-electron chi connectivity index (χ4n) is 3.05. The summed E-state index contributed by atoms with van der Waals surface area (Å²) in [5, 5.41) is 11.7. The van der Waals surface area contributed by atoms with Gasteiger partial charge in [0.2, 0.25) is 5.75 Å². The zero-order valence-corrected chi connectivity index (χ0v) is 16.1. The number of para-hydroxylation sites is 1. The fourth-order valence-corrected chi connectivity index (χ4v) is 3.67. The van der Waals surface area contributed by atoms with E-state index in [1.807, 2.05) is 17.0 Å². The van der Waals surface area contributed by atoms with Crippen molar-refractivity contribution in [2.45, 2.75) is 13.3 Å². The minimum absolute atomic E-state index is 0.0818. The molecule has 0 amide bonds. The molecule has 0 atom stereocenters. The zero-order chi connectivity index (χ0) is 19.5. The van der Waals surface area contributed by atoms with Gasteiger partial charge in [-0.25, -0.2) is 4.99 Å². The monoisotopic (exact) mass is 397 g/mol. The Bertz CT molecular complexity index is 976. The number of nitro groups is 1. The van der Waals surface area contributed by atoms with Crippen LogP contribution in [0.4, 0.5) is 17.1 Å². The van der Waals surface area contributed by atoms with E-state index in [0.29, 0.717) is 11.4 Å². The first-order valence-corrected chi connectivity index (χ1v) is 9.98. The SMILES string of the molecule is CCCSNc1cccc(Oc2ccc3c(c2)C2=NCCN2C=N3)c1[N+](=O)[O-]. The zero-order valence-electron chi connectivity index (χ0n) is 15.3. The van der Waals surface area contributed by atoms with E-state index in [9.17, 15) is 10.1 Å². The highest BCUT2D eigenvalue weighted by Gasteiger charge is 2.25. The number of aliphatic imine (C=N–C) groups is 2. The number of hydrogen-bond donors (Lipinski definition) is 1. The van der Waals surface area contributed by atoms with Gasteiger partial charge in [0.25, 0.3) is 0 Å². The van der Waals surface area contributed by atoms with E-state index in [2.05, 4.69) is 21.6 Å². The van der Waals surface area contributed by atoms with Crippen LogP contribution in [-0.2, 0) is 0 Å². The van der Waals surface area contributed by atoms with Gasteiger partial charge in [0.05, 0.1) is 23.5 Å². The molecule has 2 aliphatic heterocycles. The van der Waals surface area contributed by atoms with Crippen molar-refractivity contribution in [1.82, 2.24) is 4.90 Å². The second-order valence-corrected chi connectivity index (χ2v) is 7.19. The lowest BCUT2D eigenvalue weighted by atomic mass is 10.1. The van der Waals surface area contributed by atoms with Gasteiger partial charge in [-0.15, -0.1) is 0 Å². The average molecular weight is 397 g/mol. The van der Waals surface area contributed by atoms with Gasteiger partial charge in [0, 0.05) is 17.9 Å². The summed E-state index contributed by atoms with van der Waals surface area (Å²) in [4.78, 5) is 22.2. The van der Waals surface area contributed by atoms with Crippen molar-refractivity contribution in [2.75, 3.05) is 23.6 Å². The molecule has 2 aromatic carbocycles. The third-order valence-electron chi connectivity index (χ3n) is 4.32. The van der Waals surface area contributed by atoms with Gasteiger partial charge in [-0.1, -0.05) is 24.9 Å². The molecule has 2 aliphatic rings. The molecule has 0 saturated heterocycles. The largest absolute Gasteiger partial charge is 0.450 e. The van der Waals surface area contributed by atoms with E-state index in [-0.39, 0.29) is 11.4 Å². The number of nitrogens with zero attached hydrogens (tertiary/aromatic N) is 4. The van der Waals surface area contributed by atoms with Gasteiger partial charge in [0.15, 0.2) is 0 Å². The molecule has 0 radical (unpaired) electrons. The van der Waals surface area contributed by atoms with Gasteiger partial charge in [-0.2, -0.15) is 0 Å². The summed E-state index contributed by atoms with van der Waals surface area (Å²) < 4.78 is 8.97. The van der Waals surface area contributed by atoms with Crippen LogP contribution in [0.25, 0.3) is 0 Å². The average Bonchev–Trinajstić information content (AvgIpc) is 3.17. The molecule has 0 aromatic heterocycles. The molecule has 0 fully saturated rings. The van der Waals surface area contributed by atoms with Crippen LogP contribution in [0.3, 0.4) is 0 Å². The van der Waals surface area contributed by atoms with Crippen LogP contribution in [0.2, 0.25) is 0 Å². The van der Waals surface area contributed by atoms with Crippen molar-refractivity contribution < 1.29 is 9.66 Å². The molecule has 2 heterocycles. The number of rotatable bonds is 7. The Morgan fingerprint density at radius 3 is 3.07 bits per heavy atom. The Balaban J connectivity index is 1.65. The lowest BCUT2D eigenvalue weighted by Gasteiger charge is -2.21. The van der Waals surface area contributed by atoms with Gasteiger partial charge in [0.1, 0.15) is 17.3 Å². The molecule has 1 N–H and O–H groups in total. The summed E-state index contributed by atoms with van der Waals surface area (Å²) >= 11 is 1.43. The van der Waals surface area contributed by atoms with Gasteiger partial charge >= 0.3 is 5.69 Å². The second kappa shape index (κ2) is 7.89. The molecule has 2 aromatic rings. The quantitative estimate of drug-likeness (QED) is 0.318. The van der Waals surface area contributed by atoms with Gasteiger partial charge in [-0.05, 0) is 36.8 Å². The maximum Gasteiger partial charge on any atom is 0.335 e. The van der Waals surface area contributed by atoms with Crippen LogP contribution in [0.5, 0.6) is 11.5 Å². The van der Waals surface area contributed by atoms with Crippen molar-refractivity contribution in [3.8, 4) is 11.5 Å². The predicted molar refractivity (Wildman–Crippen MR) is 112 cm³/mol. The molecule has 8 nitrogen and oxygen atoms in total. The van der Waals surface area contributed by atoms with Crippen LogP contribution < -0.4 is 9.46 Å². The number of benzene rings is 2. The number of nitro benzene ring substituents is 1. The van der Waals surface area contributed by atoms with Crippen LogP contribution in [0.1, 0.15) is 18.9 Å². The summed E-state index contributed by atoms with van der Waals surface area (Å²) in [7, 11) is 0. The van der Waals surface area contributed by atoms with Crippen LogP contribution in [-0.4, -0.2) is 40.8 Å². The number of amidine groups is 1. The van der Waals surface area contributed by atoms with Crippen molar-refractivity contribution >= 4 is 41.2 Å². The molecule has 0 aliphatic carbocycles.